The minimum Gasteiger partial charge on any atom is -0.334 e. The summed E-state index contributed by atoms with van der Waals surface area (Å²) < 4.78 is 58.9. The van der Waals surface area contributed by atoms with Crippen LogP contribution in [0.4, 0.5) is 18.9 Å². The van der Waals surface area contributed by atoms with Crippen molar-refractivity contribution in [3.63, 3.8) is 0 Å². The largest absolute Gasteiger partial charge is 0.501 e. The van der Waals surface area contributed by atoms with E-state index in [9.17, 15) is 21.6 Å². The fraction of sp³-hybridized carbons (Fsp3) is 0.111. The summed E-state index contributed by atoms with van der Waals surface area (Å²) in [7, 11) is -5.36. The molecule has 1 N–H and O–H groups in total. The van der Waals surface area contributed by atoms with Crippen molar-refractivity contribution < 1.29 is 21.6 Å². The Balaban J connectivity index is 3.02. The number of sulfone groups is 1. The zero-order chi connectivity index (χ0) is 14.7. The van der Waals surface area contributed by atoms with E-state index < -0.39 is 20.2 Å². The van der Waals surface area contributed by atoms with Crippen molar-refractivity contribution in [1.82, 2.24) is 0 Å². The van der Waals surface area contributed by atoms with Gasteiger partial charge in [-0.25, -0.2) is 8.42 Å². The first kappa shape index (κ1) is 15.3. The third kappa shape index (κ3) is 3.62. The standard InChI is InChI=1S/C9H6F3N3O2S2/c10-9(11,12)19(16,17)7-3-1-6(2-4-7)15-8(18)14-5-13/h1-4H,(H2,14,15,18). The highest BCUT2D eigenvalue weighted by Crippen LogP contribution is 2.30. The Hall–Kier alpha value is -1.73. The van der Waals surface area contributed by atoms with Crippen LogP contribution in [0.3, 0.4) is 0 Å². The summed E-state index contributed by atoms with van der Waals surface area (Å²) >= 11 is 3.77. The van der Waals surface area contributed by atoms with Crippen LogP contribution in [0, 0.1) is 11.5 Å². The highest BCUT2D eigenvalue weighted by atomic mass is 32.2. The molecule has 0 heterocycles. The number of anilines is 1. The second kappa shape index (κ2) is 5.50. The quantitative estimate of drug-likeness (QED) is 0.379. The number of nitrogens with zero attached hydrogens (tertiary/aromatic N) is 2. The average Bonchev–Trinajstić information content (AvgIpc) is 2.28. The van der Waals surface area contributed by atoms with E-state index in [-0.39, 0.29) is 10.9 Å². The Labute approximate surface area is 112 Å². The second-order valence-electron chi connectivity index (χ2n) is 3.13. The van der Waals surface area contributed by atoms with Gasteiger partial charge in [-0.05, 0) is 24.3 Å². The van der Waals surface area contributed by atoms with Gasteiger partial charge in [-0.1, -0.05) is 0 Å². The Morgan fingerprint density at radius 3 is 2.26 bits per heavy atom. The smallest absolute Gasteiger partial charge is 0.334 e. The maximum absolute atomic E-state index is 12.3. The van der Waals surface area contributed by atoms with Crippen LogP contribution in [-0.2, 0) is 9.84 Å². The van der Waals surface area contributed by atoms with Crippen LogP contribution in [0.5, 0.6) is 0 Å². The third-order valence-electron chi connectivity index (χ3n) is 1.88. The molecule has 0 aliphatic rings. The predicted octanol–water partition coefficient (Wildman–Crippen LogP) is 2.16. The van der Waals surface area contributed by atoms with Crippen molar-refractivity contribution in [3.05, 3.63) is 24.3 Å². The molecule has 0 amide bonds. The van der Waals surface area contributed by atoms with Crippen LogP contribution in [-0.4, -0.2) is 19.1 Å². The first-order chi connectivity index (χ1) is 8.68. The van der Waals surface area contributed by atoms with Crippen LogP contribution in [0.15, 0.2) is 34.2 Å². The molecule has 5 nitrogen and oxygen atoms in total. The van der Waals surface area contributed by atoms with E-state index in [1.165, 1.54) is 6.19 Å². The van der Waals surface area contributed by atoms with Gasteiger partial charge in [0.2, 0.25) is 6.19 Å². The van der Waals surface area contributed by atoms with Gasteiger partial charge in [-0.15, -0.1) is 17.6 Å². The number of amidine groups is 1. The molecular formula is C9H6F3N3O2S2. The van der Waals surface area contributed by atoms with Crippen molar-refractivity contribution in [3.8, 4) is 6.19 Å². The molecule has 0 saturated carbocycles. The molecule has 0 unspecified atom stereocenters. The molecule has 1 aromatic rings. The van der Waals surface area contributed by atoms with E-state index >= 15 is 0 Å². The summed E-state index contributed by atoms with van der Waals surface area (Å²) in [5.74, 6) is 0. The lowest BCUT2D eigenvalue weighted by molar-refractivity contribution is -0.0436. The van der Waals surface area contributed by atoms with Crippen molar-refractivity contribution in [2.75, 3.05) is 5.32 Å². The number of hydrogen-bond acceptors (Lipinski definition) is 4. The van der Waals surface area contributed by atoms with Gasteiger partial charge in [-0.2, -0.15) is 18.4 Å². The lowest BCUT2D eigenvalue weighted by Crippen LogP contribution is -2.23. The monoisotopic (exact) mass is 309 g/mol. The zero-order valence-corrected chi connectivity index (χ0v) is 10.7. The molecule has 0 aliphatic carbocycles. The molecule has 0 radical (unpaired) electrons. The number of aliphatic imine (C=N–C) groups is 1. The third-order valence-corrected chi connectivity index (χ3v) is 3.60. The molecule has 10 heteroatoms. The summed E-state index contributed by atoms with van der Waals surface area (Å²) in [5, 5.41) is 10.6. The average molecular weight is 309 g/mol. The zero-order valence-electron chi connectivity index (χ0n) is 9.01. The number of halogens is 3. The minimum absolute atomic E-state index is 0.0751. The van der Waals surface area contributed by atoms with Crippen LogP contribution in [0.1, 0.15) is 0 Å². The van der Waals surface area contributed by atoms with E-state index in [0.29, 0.717) is 0 Å². The minimum atomic E-state index is -5.36. The van der Waals surface area contributed by atoms with Crippen molar-refractivity contribution in [1.29, 1.82) is 5.26 Å². The maximum atomic E-state index is 12.3. The molecule has 1 aromatic carbocycles. The van der Waals surface area contributed by atoms with E-state index in [1.807, 2.05) is 0 Å². The molecule has 19 heavy (non-hydrogen) atoms. The van der Waals surface area contributed by atoms with E-state index in [4.69, 9.17) is 5.26 Å². The summed E-state index contributed by atoms with van der Waals surface area (Å²) in [4.78, 5) is 2.34. The number of alkyl halides is 3. The lowest BCUT2D eigenvalue weighted by Gasteiger charge is -2.09. The van der Waals surface area contributed by atoms with Crippen molar-refractivity contribution in [2.45, 2.75) is 10.4 Å². The maximum Gasteiger partial charge on any atom is 0.501 e. The molecule has 1 rings (SSSR count). The van der Waals surface area contributed by atoms with Crippen LogP contribution < -0.4 is 5.32 Å². The van der Waals surface area contributed by atoms with Gasteiger partial charge in [0, 0.05) is 5.69 Å². The fourth-order valence-electron chi connectivity index (χ4n) is 1.06. The summed E-state index contributed by atoms with van der Waals surface area (Å²) in [6.45, 7) is 0. The molecule has 0 aromatic heterocycles. The highest BCUT2D eigenvalue weighted by molar-refractivity contribution is 7.97. The molecule has 102 valence electrons. The van der Waals surface area contributed by atoms with E-state index in [0.717, 1.165) is 24.3 Å². The van der Waals surface area contributed by atoms with E-state index in [2.05, 4.69) is 22.9 Å². The molecule has 0 fully saturated rings. The van der Waals surface area contributed by atoms with Crippen LogP contribution >= 0.6 is 12.6 Å². The summed E-state index contributed by atoms with van der Waals surface area (Å²) in [6.07, 6.45) is 1.45. The predicted molar refractivity (Wildman–Crippen MR) is 65.3 cm³/mol. The van der Waals surface area contributed by atoms with E-state index in [1.54, 1.807) is 0 Å². The Kier molecular flexibility index (Phi) is 4.43. The Morgan fingerprint density at radius 1 is 1.32 bits per heavy atom. The first-order valence-electron chi connectivity index (χ1n) is 4.52. The SMILES string of the molecule is N#C/N=C(\S)Nc1ccc(S(=O)(=O)C(F)(F)F)cc1. The van der Waals surface area contributed by atoms with Gasteiger partial charge in [0.1, 0.15) is 0 Å². The number of benzene rings is 1. The normalized spacial score (nSPS) is 12.9. The van der Waals surface area contributed by atoms with Crippen molar-refractivity contribution in [2.24, 2.45) is 4.99 Å². The molecule has 0 spiro atoms. The van der Waals surface area contributed by atoms with Gasteiger partial charge in [0.15, 0.2) is 5.17 Å². The van der Waals surface area contributed by atoms with Crippen LogP contribution in [0.2, 0.25) is 0 Å². The summed E-state index contributed by atoms with van der Waals surface area (Å²) in [6, 6.07) is 3.78. The Bertz CT molecular complexity index is 630. The number of nitriles is 1. The number of hydrogen-bond donors (Lipinski definition) is 2. The number of rotatable bonds is 2. The van der Waals surface area contributed by atoms with Crippen LogP contribution in [0.25, 0.3) is 0 Å². The van der Waals surface area contributed by atoms with Gasteiger partial charge < -0.3 is 5.32 Å². The van der Waals surface area contributed by atoms with Gasteiger partial charge >= 0.3 is 5.51 Å². The molecule has 0 aliphatic heterocycles. The molecule has 0 saturated heterocycles. The van der Waals surface area contributed by atoms with Crippen molar-refractivity contribution >= 4 is 33.3 Å². The van der Waals surface area contributed by atoms with Gasteiger partial charge in [0.25, 0.3) is 9.84 Å². The van der Waals surface area contributed by atoms with Gasteiger partial charge in [-0.3, -0.25) is 0 Å². The number of nitrogens with one attached hydrogen (secondary N) is 1. The summed E-state index contributed by atoms with van der Waals surface area (Å²) in [5.41, 5.74) is -5.11. The second-order valence-corrected chi connectivity index (χ2v) is 5.50. The highest BCUT2D eigenvalue weighted by Gasteiger charge is 2.46. The molecular weight excluding hydrogens is 303 g/mol. The fourth-order valence-corrected chi connectivity index (χ4v) is 1.99. The first-order valence-corrected chi connectivity index (χ1v) is 6.45. The number of thiol groups is 1. The Morgan fingerprint density at radius 2 is 1.84 bits per heavy atom. The molecule has 0 bridgehead atoms. The topological polar surface area (TPSA) is 82.3 Å². The lowest BCUT2D eigenvalue weighted by atomic mass is 10.3. The molecule has 0 atom stereocenters. The van der Waals surface area contributed by atoms with Gasteiger partial charge in [0.05, 0.1) is 4.90 Å².